The molecule has 0 bridgehead atoms. The molecular weight excluding hydrogens is 244 g/mol. The van der Waals surface area contributed by atoms with Crippen LogP contribution >= 0.6 is 0 Å². The van der Waals surface area contributed by atoms with E-state index in [-0.39, 0.29) is 12.0 Å². The van der Waals surface area contributed by atoms with Gasteiger partial charge in [-0.1, -0.05) is 38.0 Å². The number of benzene rings is 1. The molecule has 1 aromatic rings. The van der Waals surface area contributed by atoms with Crippen molar-refractivity contribution < 1.29 is 10.2 Å². The Labute approximate surface area is 112 Å². The Kier molecular flexibility index (Phi) is 4.78. The van der Waals surface area contributed by atoms with Crippen LogP contribution in [-0.4, -0.2) is 22.9 Å². The lowest BCUT2D eigenvalue weighted by Crippen LogP contribution is -2.23. The number of nitrogens with zero attached hydrogens (tertiary/aromatic N) is 3. The molecule has 0 radical (unpaired) electrons. The highest BCUT2D eigenvalue weighted by Gasteiger charge is 2.22. The van der Waals surface area contributed by atoms with Crippen LogP contribution in [0.25, 0.3) is 10.4 Å². The van der Waals surface area contributed by atoms with Gasteiger partial charge in [0.1, 0.15) is 6.10 Å². The number of hydrogen-bond acceptors (Lipinski definition) is 4. The molecule has 1 rings (SSSR count). The maximum absolute atomic E-state index is 10.1. The number of aliphatic hydroxyl groups excluding tert-OH is 2. The summed E-state index contributed by atoms with van der Waals surface area (Å²) in [6.07, 6.45) is -2.35. The van der Waals surface area contributed by atoms with Gasteiger partial charge in [-0.2, -0.15) is 0 Å². The van der Waals surface area contributed by atoms with Crippen LogP contribution in [0, 0.1) is 0 Å². The zero-order valence-electron chi connectivity index (χ0n) is 11.4. The summed E-state index contributed by atoms with van der Waals surface area (Å²) in [4.78, 5) is 2.55. The van der Waals surface area contributed by atoms with Crippen LogP contribution in [0.2, 0.25) is 0 Å². The molecule has 0 fully saturated rings. The molecule has 1 aromatic carbocycles. The molecule has 0 aliphatic heterocycles. The van der Waals surface area contributed by atoms with Crippen LogP contribution in [0.5, 0.6) is 0 Å². The van der Waals surface area contributed by atoms with Crippen LogP contribution in [0.15, 0.2) is 23.3 Å². The highest BCUT2D eigenvalue weighted by molar-refractivity contribution is 5.51. The molecule has 0 spiro atoms. The highest BCUT2D eigenvalue weighted by atomic mass is 16.3. The monoisotopic (exact) mass is 264 g/mol. The molecule has 0 heterocycles. The minimum absolute atomic E-state index is 0.0854. The lowest BCUT2D eigenvalue weighted by Gasteiger charge is -2.23. The van der Waals surface area contributed by atoms with E-state index in [4.69, 9.17) is 11.3 Å². The van der Waals surface area contributed by atoms with E-state index in [0.29, 0.717) is 11.3 Å². The molecular formula is C13H20N4O2. The number of rotatable bonds is 4. The predicted molar refractivity (Wildman–Crippen MR) is 74.5 cm³/mol. The number of aliphatic hydroxyl groups is 2. The summed E-state index contributed by atoms with van der Waals surface area (Å²) in [7, 11) is 0. The maximum atomic E-state index is 10.1. The van der Waals surface area contributed by atoms with E-state index in [9.17, 15) is 10.2 Å². The maximum Gasteiger partial charge on any atom is 0.107 e. The van der Waals surface area contributed by atoms with Gasteiger partial charge in [0.2, 0.25) is 0 Å². The first-order valence-electron chi connectivity index (χ1n) is 6.04. The normalized spacial score (nSPS) is 14.6. The van der Waals surface area contributed by atoms with E-state index >= 15 is 0 Å². The summed E-state index contributed by atoms with van der Waals surface area (Å²) < 4.78 is 0. The Hall–Kier alpha value is -1.75. The summed E-state index contributed by atoms with van der Waals surface area (Å²) in [5.41, 5.74) is 15.8. The van der Waals surface area contributed by atoms with Crippen molar-refractivity contribution in [2.45, 2.75) is 38.4 Å². The molecule has 2 unspecified atom stereocenters. The second-order valence-corrected chi connectivity index (χ2v) is 5.52. The van der Waals surface area contributed by atoms with E-state index in [1.54, 1.807) is 12.1 Å². The minimum Gasteiger partial charge on any atom is -0.398 e. The lowest BCUT2D eigenvalue weighted by molar-refractivity contribution is 0.0248. The Morgan fingerprint density at radius 1 is 1.37 bits per heavy atom. The fraction of sp³-hybridized carbons (Fsp3) is 0.538. The van der Waals surface area contributed by atoms with Crippen molar-refractivity contribution in [2.75, 3.05) is 12.3 Å². The van der Waals surface area contributed by atoms with Crippen molar-refractivity contribution in [3.8, 4) is 0 Å². The molecule has 104 valence electrons. The minimum atomic E-state index is -1.17. The van der Waals surface area contributed by atoms with Crippen LogP contribution in [-0.2, 0) is 5.41 Å². The van der Waals surface area contributed by atoms with Gasteiger partial charge in [-0.3, -0.25) is 0 Å². The van der Waals surface area contributed by atoms with E-state index in [2.05, 4.69) is 10.0 Å². The Balaban J connectivity index is 3.08. The number of anilines is 1. The quantitative estimate of drug-likeness (QED) is 0.335. The fourth-order valence-corrected chi connectivity index (χ4v) is 1.72. The second-order valence-electron chi connectivity index (χ2n) is 5.52. The number of nitrogen functional groups attached to an aromatic ring is 1. The molecule has 6 heteroatoms. The van der Waals surface area contributed by atoms with Crippen molar-refractivity contribution in [1.29, 1.82) is 0 Å². The molecule has 0 aliphatic carbocycles. The molecule has 0 amide bonds. The van der Waals surface area contributed by atoms with Gasteiger partial charge in [0.15, 0.2) is 0 Å². The summed E-state index contributed by atoms with van der Waals surface area (Å²) >= 11 is 0. The SMILES string of the molecule is CC(C)(C)c1ccc(N)c(C(O)C(O)CN=[N+]=[N-])c1. The van der Waals surface area contributed by atoms with Crippen LogP contribution < -0.4 is 5.73 Å². The number of azide groups is 1. The van der Waals surface area contributed by atoms with Crippen LogP contribution in [0.1, 0.15) is 38.0 Å². The van der Waals surface area contributed by atoms with E-state index in [0.717, 1.165) is 5.56 Å². The van der Waals surface area contributed by atoms with Gasteiger partial charge in [-0.25, -0.2) is 0 Å². The fourth-order valence-electron chi connectivity index (χ4n) is 1.72. The molecule has 2 atom stereocenters. The first kappa shape index (κ1) is 15.3. The van der Waals surface area contributed by atoms with Gasteiger partial charge in [0.05, 0.1) is 12.6 Å². The van der Waals surface area contributed by atoms with Crippen molar-refractivity contribution in [3.05, 3.63) is 39.8 Å². The van der Waals surface area contributed by atoms with Gasteiger partial charge >= 0.3 is 0 Å². The van der Waals surface area contributed by atoms with Crippen molar-refractivity contribution >= 4 is 5.69 Å². The second kappa shape index (κ2) is 5.93. The molecule has 0 aliphatic rings. The smallest absolute Gasteiger partial charge is 0.107 e. The standard InChI is InChI=1S/C13H20N4O2/c1-13(2,3)8-4-5-10(14)9(6-8)12(19)11(18)7-16-17-15/h4-6,11-12,18-19H,7,14H2,1-3H3. The third-order valence-electron chi connectivity index (χ3n) is 2.97. The number of hydrogen-bond donors (Lipinski definition) is 3. The van der Waals surface area contributed by atoms with E-state index in [1.807, 2.05) is 26.8 Å². The first-order valence-corrected chi connectivity index (χ1v) is 6.04. The summed E-state index contributed by atoms with van der Waals surface area (Å²) in [6.45, 7) is 5.94. The number of nitrogens with two attached hydrogens (primary N) is 1. The molecule has 0 aromatic heterocycles. The zero-order valence-corrected chi connectivity index (χ0v) is 11.4. The van der Waals surface area contributed by atoms with Crippen molar-refractivity contribution in [3.63, 3.8) is 0 Å². The molecule has 0 saturated carbocycles. The van der Waals surface area contributed by atoms with Gasteiger partial charge in [-0.05, 0) is 22.6 Å². The third kappa shape index (κ3) is 3.86. The Morgan fingerprint density at radius 2 is 2.00 bits per heavy atom. The van der Waals surface area contributed by atoms with E-state index in [1.165, 1.54) is 0 Å². The van der Waals surface area contributed by atoms with Crippen LogP contribution in [0.3, 0.4) is 0 Å². The van der Waals surface area contributed by atoms with E-state index < -0.39 is 12.2 Å². The molecule has 0 saturated heterocycles. The van der Waals surface area contributed by atoms with Crippen LogP contribution in [0.4, 0.5) is 5.69 Å². The largest absolute Gasteiger partial charge is 0.398 e. The first-order chi connectivity index (χ1) is 8.77. The zero-order chi connectivity index (χ0) is 14.6. The van der Waals surface area contributed by atoms with Crippen molar-refractivity contribution in [1.82, 2.24) is 0 Å². The molecule has 4 N–H and O–H groups in total. The van der Waals surface area contributed by atoms with Gasteiger partial charge < -0.3 is 15.9 Å². The highest BCUT2D eigenvalue weighted by Crippen LogP contribution is 2.30. The van der Waals surface area contributed by atoms with Gasteiger partial charge in [0.25, 0.3) is 0 Å². The van der Waals surface area contributed by atoms with Gasteiger partial charge in [-0.15, -0.1) is 0 Å². The van der Waals surface area contributed by atoms with Gasteiger partial charge in [0, 0.05) is 16.2 Å². The summed E-state index contributed by atoms with van der Waals surface area (Å²) in [6, 6.07) is 5.38. The average molecular weight is 264 g/mol. The summed E-state index contributed by atoms with van der Waals surface area (Å²) in [5.74, 6) is 0. The topological polar surface area (TPSA) is 115 Å². The molecule has 19 heavy (non-hydrogen) atoms. The predicted octanol–water partition coefficient (Wildman–Crippen LogP) is 2.27. The average Bonchev–Trinajstić information content (AvgIpc) is 2.34. The Morgan fingerprint density at radius 3 is 2.53 bits per heavy atom. The third-order valence-corrected chi connectivity index (χ3v) is 2.97. The Bertz CT molecular complexity index is 490. The summed E-state index contributed by atoms with van der Waals surface area (Å²) in [5, 5.41) is 23.1. The molecule has 6 nitrogen and oxygen atoms in total. The lowest BCUT2D eigenvalue weighted by atomic mass is 9.85. The van der Waals surface area contributed by atoms with Crippen molar-refractivity contribution in [2.24, 2.45) is 5.11 Å².